The average molecular weight is 371 g/mol. The van der Waals surface area contributed by atoms with Crippen molar-refractivity contribution in [2.75, 3.05) is 44.9 Å². The zero-order valence-corrected chi connectivity index (χ0v) is 16.1. The number of hydrogen-bond acceptors (Lipinski definition) is 7. The van der Waals surface area contributed by atoms with Gasteiger partial charge in [-0.25, -0.2) is 14.8 Å². The topological polar surface area (TPSA) is 96.4 Å². The van der Waals surface area contributed by atoms with E-state index in [1.165, 1.54) is 7.11 Å². The van der Waals surface area contributed by atoms with Crippen molar-refractivity contribution >= 4 is 23.4 Å². The van der Waals surface area contributed by atoms with Gasteiger partial charge in [-0.3, -0.25) is 4.79 Å². The van der Waals surface area contributed by atoms with Crippen LogP contribution in [0.25, 0.3) is 0 Å². The molecule has 8 nitrogen and oxygen atoms in total. The van der Waals surface area contributed by atoms with Crippen LogP contribution in [0.3, 0.4) is 0 Å². The van der Waals surface area contributed by atoms with E-state index in [0.717, 1.165) is 19.5 Å². The summed E-state index contributed by atoms with van der Waals surface area (Å²) in [4.78, 5) is 35.1. The highest BCUT2D eigenvalue weighted by molar-refractivity contribution is 6.07. The minimum atomic E-state index is -0.520. The molecule has 0 bridgehead atoms. The molecule has 0 aliphatic rings. The number of para-hydroxylation sites is 1. The molecule has 2 rings (SSSR count). The number of aryl methyl sites for hydroxylation is 1. The minimum Gasteiger partial charge on any atom is -0.465 e. The number of nitrogens with zero attached hydrogens (tertiary/aromatic N) is 3. The molecule has 27 heavy (non-hydrogen) atoms. The number of carbonyl (C=O) groups is 2. The third-order valence-corrected chi connectivity index (χ3v) is 3.74. The molecule has 0 unspecified atom stereocenters. The number of aromatic nitrogens is 2. The molecule has 1 aromatic heterocycles. The maximum absolute atomic E-state index is 12.6. The Labute approximate surface area is 159 Å². The number of anilines is 2. The van der Waals surface area contributed by atoms with Gasteiger partial charge in [-0.15, -0.1) is 0 Å². The second-order valence-electron chi connectivity index (χ2n) is 6.26. The van der Waals surface area contributed by atoms with Gasteiger partial charge in [-0.1, -0.05) is 12.1 Å². The van der Waals surface area contributed by atoms with Gasteiger partial charge in [0.15, 0.2) is 0 Å². The molecule has 0 atom stereocenters. The van der Waals surface area contributed by atoms with E-state index < -0.39 is 11.9 Å². The van der Waals surface area contributed by atoms with E-state index in [0.29, 0.717) is 17.3 Å². The normalized spacial score (nSPS) is 10.6. The van der Waals surface area contributed by atoms with Crippen LogP contribution in [0.1, 0.15) is 33.1 Å². The van der Waals surface area contributed by atoms with E-state index in [1.807, 2.05) is 14.1 Å². The van der Waals surface area contributed by atoms with Crippen LogP contribution in [0.2, 0.25) is 0 Å². The van der Waals surface area contributed by atoms with Gasteiger partial charge in [0.1, 0.15) is 17.3 Å². The Morgan fingerprint density at radius 2 is 1.93 bits per heavy atom. The highest BCUT2D eigenvalue weighted by atomic mass is 16.5. The van der Waals surface area contributed by atoms with E-state index in [-0.39, 0.29) is 11.3 Å². The first kappa shape index (κ1) is 20.3. The maximum atomic E-state index is 12.6. The van der Waals surface area contributed by atoms with Gasteiger partial charge >= 0.3 is 5.97 Å². The fourth-order valence-electron chi connectivity index (χ4n) is 2.45. The van der Waals surface area contributed by atoms with Crippen molar-refractivity contribution in [2.24, 2.45) is 0 Å². The van der Waals surface area contributed by atoms with Gasteiger partial charge in [0.05, 0.1) is 18.4 Å². The molecule has 1 amide bonds. The number of hydrogen-bond donors (Lipinski definition) is 2. The van der Waals surface area contributed by atoms with Crippen molar-refractivity contribution in [3.8, 4) is 0 Å². The standard InChI is InChI=1S/C19H25N5O3/c1-13-21-16(12-17(22-13)20-10-7-11-24(2)3)18(25)23-15-9-6-5-8-14(15)19(26)27-4/h5-6,8-9,12H,7,10-11H2,1-4H3,(H,23,25)(H,20,21,22). The van der Waals surface area contributed by atoms with Gasteiger partial charge in [0.25, 0.3) is 5.91 Å². The second-order valence-corrected chi connectivity index (χ2v) is 6.26. The summed E-state index contributed by atoms with van der Waals surface area (Å²) < 4.78 is 4.74. The van der Waals surface area contributed by atoms with Gasteiger partial charge in [0, 0.05) is 12.6 Å². The lowest BCUT2D eigenvalue weighted by atomic mass is 10.1. The Morgan fingerprint density at radius 3 is 2.63 bits per heavy atom. The Kier molecular flexibility index (Phi) is 7.25. The van der Waals surface area contributed by atoms with E-state index in [9.17, 15) is 9.59 Å². The van der Waals surface area contributed by atoms with Crippen molar-refractivity contribution in [1.29, 1.82) is 0 Å². The summed E-state index contributed by atoms with van der Waals surface area (Å²) in [6.45, 7) is 3.42. The fraction of sp³-hybridized carbons (Fsp3) is 0.368. The van der Waals surface area contributed by atoms with E-state index >= 15 is 0 Å². The first-order valence-corrected chi connectivity index (χ1v) is 8.63. The predicted octanol–water partition coefficient (Wildman–Crippen LogP) is 2.19. The van der Waals surface area contributed by atoms with Gasteiger partial charge in [-0.2, -0.15) is 0 Å². The van der Waals surface area contributed by atoms with Crippen LogP contribution in [0.4, 0.5) is 11.5 Å². The summed E-state index contributed by atoms with van der Waals surface area (Å²) in [7, 11) is 5.33. The SMILES string of the molecule is COC(=O)c1ccccc1NC(=O)c1cc(NCCCN(C)C)nc(C)n1. The van der Waals surface area contributed by atoms with Crippen LogP contribution < -0.4 is 10.6 Å². The smallest absolute Gasteiger partial charge is 0.339 e. The summed E-state index contributed by atoms with van der Waals surface area (Å²) in [6.07, 6.45) is 0.948. The molecule has 1 aromatic carbocycles. The van der Waals surface area contributed by atoms with Crippen molar-refractivity contribution < 1.29 is 14.3 Å². The third-order valence-electron chi connectivity index (χ3n) is 3.74. The lowest BCUT2D eigenvalue weighted by molar-refractivity contribution is 0.0602. The number of esters is 1. The molecule has 8 heteroatoms. The zero-order valence-electron chi connectivity index (χ0n) is 16.1. The summed E-state index contributed by atoms with van der Waals surface area (Å²) in [5, 5.41) is 5.92. The third kappa shape index (κ3) is 6.03. The molecule has 144 valence electrons. The molecule has 2 N–H and O–H groups in total. The van der Waals surface area contributed by atoms with Crippen LogP contribution in [0, 0.1) is 6.92 Å². The maximum Gasteiger partial charge on any atom is 0.339 e. The van der Waals surface area contributed by atoms with Gasteiger partial charge in [-0.05, 0) is 46.1 Å². The van der Waals surface area contributed by atoms with Crippen molar-refractivity contribution in [2.45, 2.75) is 13.3 Å². The predicted molar refractivity (Wildman–Crippen MR) is 104 cm³/mol. The highest BCUT2D eigenvalue weighted by Gasteiger charge is 2.16. The first-order chi connectivity index (χ1) is 12.9. The number of benzene rings is 1. The Bertz CT molecular complexity index is 808. The number of carbonyl (C=O) groups excluding carboxylic acids is 2. The molecular weight excluding hydrogens is 346 g/mol. The molecule has 0 spiro atoms. The lowest BCUT2D eigenvalue weighted by Crippen LogP contribution is -2.19. The van der Waals surface area contributed by atoms with Crippen molar-refractivity contribution in [3.05, 3.63) is 47.4 Å². The lowest BCUT2D eigenvalue weighted by Gasteiger charge is -2.12. The largest absolute Gasteiger partial charge is 0.465 e. The summed E-state index contributed by atoms with van der Waals surface area (Å²) in [5.41, 5.74) is 0.865. The van der Waals surface area contributed by atoms with Gasteiger partial charge in [0.2, 0.25) is 0 Å². The minimum absolute atomic E-state index is 0.220. The molecule has 0 saturated carbocycles. The highest BCUT2D eigenvalue weighted by Crippen LogP contribution is 2.17. The quantitative estimate of drug-likeness (QED) is 0.542. The molecule has 0 saturated heterocycles. The fourth-order valence-corrected chi connectivity index (χ4v) is 2.45. The number of amides is 1. The monoisotopic (exact) mass is 371 g/mol. The first-order valence-electron chi connectivity index (χ1n) is 8.63. The van der Waals surface area contributed by atoms with Crippen molar-refractivity contribution in [3.63, 3.8) is 0 Å². The zero-order chi connectivity index (χ0) is 19.8. The van der Waals surface area contributed by atoms with Crippen molar-refractivity contribution in [1.82, 2.24) is 14.9 Å². The van der Waals surface area contributed by atoms with E-state index in [2.05, 4.69) is 25.5 Å². The Morgan fingerprint density at radius 1 is 1.19 bits per heavy atom. The molecule has 0 fully saturated rings. The molecule has 0 aliphatic carbocycles. The Balaban J connectivity index is 2.12. The number of rotatable bonds is 8. The molecule has 0 aliphatic heterocycles. The number of methoxy groups -OCH3 is 1. The van der Waals surface area contributed by atoms with Crippen LogP contribution >= 0.6 is 0 Å². The number of ether oxygens (including phenoxy) is 1. The molecule has 0 radical (unpaired) electrons. The molecular formula is C19H25N5O3. The molecule has 2 aromatic rings. The molecule has 1 heterocycles. The summed E-state index contributed by atoms with van der Waals surface area (Å²) in [5.74, 6) is 0.132. The van der Waals surface area contributed by atoms with Crippen LogP contribution in [-0.4, -0.2) is 61.0 Å². The Hall–Kier alpha value is -3.00. The van der Waals surface area contributed by atoms with Crippen LogP contribution in [0.5, 0.6) is 0 Å². The van der Waals surface area contributed by atoms with E-state index in [1.54, 1.807) is 37.3 Å². The van der Waals surface area contributed by atoms with Crippen LogP contribution in [0.15, 0.2) is 30.3 Å². The van der Waals surface area contributed by atoms with Crippen LogP contribution in [-0.2, 0) is 4.74 Å². The van der Waals surface area contributed by atoms with E-state index in [4.69, 9.17) is 4.74 Å². The van der Waals surface area contributed by atoms with Gasteiger partial charge < -0.3 is 20.3 Å². The number of nitrogens with one attached hydrogen (secondary N) is 2. The second kappa shape index (κ2) is 9.63. The summed E-state index contributed by atoms with van der Waals surface area (Å²) in [6, 6.07) is 8.25. The summed E-state index contributed by atoms with van der Waals surface area (Å²) >= 11 is 0. The average Bonchev–Trinajstić information content (AvgIpc) is 2.64.